The summed E-state index contributed by atoms with van der Waals surface area (Å²) in [5.74, 6) is -3.13. The van der Waals surface area contributed by atoms with E-state index in [1.54, 1.807) is 4.90 Å². The number of esters is 1. The quantitative estimate of drug-likeness (QED) is 0.265. The molecule has 3 aromatic rings. The smallest absolute Gasteiger partial charge is 0.338 e. The van der Waals surface area contributed by atoms with Crippen molar-refractivity contribution in [3.63, 3.8) is 0 Å². The fourth-order valence-electron chi connectivity index (χ4n) is 5.93. The average molecular weight is 531 g/mol. The Morgan fingerprint density at radius 3 is 2.21 bits per heavy atom. The maximum atomic E-state index is 15.0. The molecule has 0 amide bonds. The fourth-order valence-corrected chi connectivity index (χ4v) is 5.93. The van der Waals surface area contributed by atoms with E-state index in [1.807, 2.05) is 0 Å². The van der Waals surface area contributed by atoms with Gasteiger partial charge in [0.15, 0.2) is 0 Å². The number of hydrogen-bond acceptors (Lipinski definition) is 6. The summed E-state index contributed by atoms with van der Waals surface area (Å²) < 4.78 is 75.5. The lowest BCUT2D eigenvalue weighted by molar-refractivity contribution is 0.0145. The molecule has 3 aliphatic rings. The van der Waals surface area contributed by atoms with Gasteiger partial charge < -0.3 is 18.9 Å². The van der Waals surface area contributed by atoms with E-state index in [-0.39, 0.29) is 53.2 Å². The highest BCUT2D eigenvalue weighted by Crippen LogP contribution is 2.46. The highest BCUT2D eigenvalue weighted by atomic mass is 19.1. The minimum Gasteiger partial charge on any atom is -0.465 e. The zero-order chi connectivity index (χ0) is 26.6. The van der Waals surface area contributed by atoms with Crippen LogP contribution in [0, 0.1) is 23.3 Å². The van der Waals surface area contributed by atoms with Crippen LogP contribution in [0.25, 0.3) is 11.3 Å². The van der Waals surface area contributed by atoms with Crippen molar-refractivity contribution < 1.29 is 36.4 Å². The summed E-state index contributed by atoms with van der Waals surface area (Å²) in [5, 5.41) is 4.01. The zero-order valence-corrected chi connectivity index (χ0v) is 20.7. The number of carbonyl (C=O) groups excluding carboxylic acids is 1. The Labute approximate surface area is 216 Å². The Bertz CT molecular complexity index is 1330. The summed E-state index contributed by atoms with van der Waals surface area (Å²) in [6, 6.07) is 5.35. The summed E-state index contributed by atoms with van der Waals surface area (Å²) in [7, 11) is 1.15. The van der Waals surface area contributed by atoms with Crippen LogP contribution < -0.4 is 4.90 Å². The predicted molar refractivity (Wildman–Crippen MR) is 129 cm³/mol. The van der Waals surface area contributed by atoms with Gasteiger partial charge >= 0.3 is 5.97 Å². The van der Waals surface area contributed by atoms with Crippen LogP contribution in [-0.2, 0) is 16.1 Å². The van der Waals surface area contributed by atoms with E-state index in [0.29, 0.717) is 24.2 Å². The maximum absolute atomic E-state index is 15.0. The highest BCUT2D eigenvalue weighted by Gasteiger charge is 2.44. The van der Waals surface area contributed by atoms with Crippen molar-refractivity contribution in [2.45, 2.75) is 69.2 Å². The number of carbonyl (C=O) groups is 1. The molecular weight excluding hydrogens is 504 g/mol. The summed E-state index contributed by atoms with van der Waals surface area (Å²) >= 11 is 0. The van der Waals surface area contributed by atoms with Crippen molar-refractivity contribution in [1.82, 2.24) is 5.16 Å². The third-order valence-electron chi connectivity index (χ3n) is 7.82. The maximum Gasteiger partial charge on any atom is 0.338 e. The molecule has 1 aromatic heterocycles. The van der Waals surface area contributed by atoms with Crippen molar-refractivity contribution in [3.05, 3.63) is 70.5 Å². The number of piperidine rings is 1. The van der Waals surface area contributed by atoms with Gasteiger partial charge in [-0.25, -0.2) is 22.4 Å². The monoisotopic (exact) mass is 530 g/mol. The normalized spacial score (nSPS) is 22.7. The largest absolute Gasteiger partial charge is 0.465 e. The van der Waals surface area contributed by atoms with Gasteiger partial charge in [-0.05, 0) is 62.8 Å². The summed E-state index contributed by atoms with van der Waals surface area (Å²) in [6.45, 7) is 0.0685. The van der Waals surface area contributed by atoms with Crippen LogP contribution in [0.4, 0.5) is 23.2 Å². The van der Waals surface area contributed by atoms with Gasteiger partial charge in [-0.2, -0.15) is 0 Å². The lowest BCUT2D eigenvalue weighted by atomic mass is 9.97. The van der Waals surface area contributed by atoms with Gasteiger partial charge in [-0.3, -0.25) is 0 Å². The van der Waals surface area contributed by atoms with Crippen LogP contribution in [0.2, 0.25) is 0 Å². The van der Waals surface area contributed by atoms with Gasteiger partial charge in [0.1, 0.15) is 40.4 Å². The van der Waals surface area contributed by atoms with E-state index >= 15 is 0 Å². The first-order chi connectivity index (χ1) is 18.4. The minimum atomic E-state index is -0.809. The highest BCUT2D eigenvalue weighted by molar-refractivity contribution is 5.90. The van der Waals surface area contributed by atoms with Gasteiger partial charge in [0.25, 0.3) is 0 Å². The number of fused-ring (bicyclic) bond motifs is 2. The van der Waals surface area contributed by atoms with E-state index in [1.165, 1.54) is 18.2 Å². The predicted octanol–water partition coefficient (Wildman–Crippen LogP) is 6.28. The van der Waals surface area contributed by atoms with Gasteiger partial charge in [-0.1, -0.05) is 11.2 Å². The molecule has 200 valence electrons. The minimum absolute atomic E-state index is 0.0685. The van der Waals surface area contributed by atoms with Crippen molar-refractivity contribution >= 4 is 11.7 Å². The first-order valence-electron chi connectivity index (χ1n) is 12.8. The van der Waals surface area contributed by atoms with E-state index in [0.717, 1.165) is 44.9 Å². The lowest BCUT2D eigenvalue weighted by Gasteiger charge is -2.40. The molecule has 6 rings (SSSR count). The molecule has 1 unspecified atom stereocenters. The standard InChI is InChI=1S/C28H26F4N2O4/c1-36-28(35)15-9-22(31)26(23(32)10-15)34-16-7-8-17(34)12-18(11-16)37-13-19-25(33-38-27(19)14-5-6-14)24-20(29)3-2-4-21(24)30/h2-4,9-10,14,16-18H,5-8,11-13H2,1H3/t16-,17+,18?. The Hall–Kier alpha value is -3.40. The van der Waals surface area contributed by atoms with Crippen LogP contribution in [0.5, 0.6) is 0 Å². The van der Waals surface area contributed by atoms with Crippen LogP contribution >= 0.6 is 0 Å². The number of anilines is 1. The molecule has 1 saturated carbocycles. The zero-order valence-electron chi connectivity index (χ0n) is 20.7. The van der Waals surface area contributed by atoms with Crippen LogP contribution in [0.1, 0.15) is 66.1 Å². The number of ether oxygens (including phenoxy) is 2. The van der Waals surface area contributed by atoms with E-state index < -0.39 is 29.2 Å². The molecule has 2 aliphatic heterocycles. The molecule has 2 saturated heterocycles. The Morgan fingerprint density at radius 2 is 1.63 bits per heavy atom. The Kier molecular flexibility index (Phi) is 6.37. The summed E-state index contributed by atoms with van der Waals surface area (Å²) in [5.41, 5.74) is 0.0903. The average Bonchev–Trinajstić information content (AvgIpc) is 3.60. The third-order valence-corrected chi connectivity index (χ3v) is 7.82. The summed E-state index contributed by atoms with van der Waals surface area (Å²) in [4.78, 5) is 13.5. The molecule has 3 atom stereocenters. The Morgan fingerprint density at radius 1 is 1.00 bits per heavy atom. The second kappa shape index (κ2) is 9.72. The van der Waals surface area contributed by atoms with Crippen molar-refractivity contribution in [1.29, 1.82) is 0 Å². The molecule has 0 spiro atoms. The molecule has 3 heterocycles. The second-order valence-electron chi connectivity index (χ2n) is 10.2. The molecule has 38 heavy (non-hydrogen) atoms. The molecular formula is C28H26F4N2O4. The van der Waals surface area contributed by atoms with Gasteiger partial charge in [-0.15, -0.1) is 0 Å². The number of benzene rings is 2. The second-order valence-corrected chi connectivity index (χ2v) is 10.2. The van der Waals surface area contributed by atoms with E-state index in [9.17, 15) is 22.4 Å². The number of methoxy groups -OCH3 is 1. The van der Waals surface area contributed by atoms with Crippen LogP contribution in [-0.4, -0.2) is 36.4 Å². The first-order valence-corrected chi connectivity index (χ1v) is 12.8. The Balaban J connectivity index is 1.21. The molecule has 6 nitrogen and oxygen atoms in total. The molecule has 0 radical (unpaired) electrons. The topological polar surface area (TPSA) is 64.8 Å². The van der Waals surface area contributed by atoms with Crippen LogP contribution in [0.3, 0.4) is 0 Å². The molecule has 10 heteroatoms. The number of rotatable bonds is 7. The molecule has 1 aliphatic carbocycles. The first kappa shape index (κ1) is 24.9. The van der Waals surface area contributed by atoms with Crippen molar-refractivity contribution in [3.8, 4) is 11.3 Å². The fraction of sp³-hybridized carbons (Fsp3) is 0.429. The summed E-state index contributed by atoms with van der Waals surface area (Å²) in [6.07, 6.45) is 4.15. The molecule has 2 aromatic carbocycles. The molecule has 0 N–H and O–H groups in total. The van der Waals surface area contributed by atoms with Crippen LogP contribution in [0.15, 0.2) is 34.9 Å². The van der Waals surface area contributed by atoms with E-state index in [4.69, 9.17) is 9.26 Å². The van der Waals surface area contributed by atoms with Gasteiger partial charge in [0.2, 0.25) is 0 Å². The third kappa shape index (κ3) is 4.34. The number of aromatic nitrogens is 1. The number of nitrogens with zero attached hydrogens (tertiary/aromatic N) is 2. The molecule has 2 bridgehead atoms. The lowest BCUT2D eigenvalue weighted by Crippen LogP contribution is -2.46. The van der Waals surface area contributed by atoms with Gasteiger partial charge in [0.05, 0.1) is 30.9 Å². The van der Waals surface area contributed by atoms with Gasteiger partial charge in [0, 0.05) is 23.6 Å². The van der Waals surface area contributed by atoms with Crippen molar-refractivity contribution in [2.75, 3.05) is 12.0 Å². The van der Waals surface area contributed by atoms with Crippen molar-refractivity contribution in [2.24, 2.45) is 0 Å². The molecule has 3 fully saturated rings. The number of halogens is 4. The SMILES string of the molecule is COC(=O)c1cc(F)c(N2[C@@H]3CC[C@H]2CC(OCc2c(-c4c(F)cccc4F)noc2C2CC2)C3)c(F)c1. The van der Waals surface area contributed by atoms with E-state index in [2.05, 4.69) is 9.89 Å². The number of hydrogen-bond donors (Lipinski definition) is 0.